The van der Waals surface area contributed by atoms with Crippen LogP contribution in [0.1, 0.15) is 25.7 Å². The molecule has 0 aromatic rings. The molecule has 0 radical (unpaired) electrons. The Kier molecular flexibility index (Phi) is 4.60. The summed E-state index contributed by atoms with van der Waals surface area (Å²) in [5.74, 6) is 1.58. The third-order valence-corrected chi connectivity index (χ3v) is 3.18. The average molecular weight is 226 g/mol. The zero-order chi connectivity index (χ0) is 11.2. The van der Waals surface area contributed by atoms with Gasteiger partial charge in [-0.1, -0.05) is 0 Å². The second-order valence-corrected chi connectivity index (χ2v) is 4.95. The Morgan fingerprint density at radius 2 is 2.12 bits per heavy atom. The van der Waals surface area contributed by atoms with Crippen molar-refractivity contribution in [1.82, 2.24) is 10.6 Å². The molecule has 1 saturated carbocycles. The summed E-state index contributed by atoms with van der Waals surface area (Å²) in [4.78, 5) is 11.4. The molecule has 2 N–H and O–H groups in total. The molecule has 4 heteroatoms. The number of ether oxygens (including phenoxy) is 1. The molecule has 1 aliphatic heterocycles. The van der Waals surface area contributed by atoms with Gasteiger partial charge in [-0.2, -0.15) is 0 Å². The smallest absolute Gasteiger partial charge is 0.220 e. The second-order valence-electron chi connectivity index (χ2n) is 4.95. The second kappa shape index (κ2) is 6.21. The fraction of sp³-hybridized carbons (Fsp3) is 0.917. The molecule has 1 heterocycles. The van der Waals surface area contributed by atoms with Gasteiger partial charge < -0.3 is 15.4 Å². The number of hydrogen-bond acceptors (Lipinski definition) is 3. The maximum atomic E-state index is 11.4. The van der Waals surface area contributed by atoms with Gasteiger partial charge in [-0.25, -0.2) is 0 Å². The third-order valence-electron chi connectivity index (χ3n) is 3.18. The lowest BCUT2D eigenvalue weighted by atomic mass is 9.99. The fourth-order valence-electron chi connectivity index (χ4n) is 1.76. The van der Waals surface area contributed by atoms with E-state index in [9.17, 15) is 4.79 Å². The summed E-state index contributed by atoms with van der Waals surface area (Å²) in [6.45, 7) is 4.45. The Morgan fingerprint density at radius 1 is 1.31 bits per heavy atom. The first-order valence-electron chi connectivity index (χ1n) is 6.40. The van der Waals surface area contributed by atoms with Crippen molar-refractivity contribution in [2.45, 2.75) is 25.7 Å². The largest absolute Gasteiger partial charge is 0.381 e. The number of carbonyl (C=O) groups is 1. The average Bonchev–Trinajstić information content (AvgIpc) is 3.01. The molecule has 2 rings (SSSR count). The number of nitrogens with one attached hydrogen (secondary N) is 2. The molecule has 0 atom stereocenters. The predicted molar refractivity (Wildman–Crippen MR) is 62.1 cm³/mol. The van der Waals surface area contributed by atoms with Gasteiger partial charge in [-0.15, -0.1) is 0 Å². The van der Waals surface area contributed by atoms with Gasteiger partial charge in [0.2, 0.25) is 5.91 Å². The van der Waals surface area contributed by atoms with Gasteiger partial charge >= 0.3 is 0 Å². The highest BCUT2D eigenvalue weighted by Gasteiger charge is 2.21. The summed E-state index contributed by atoms with van der Waals surface area (Å²) >= 11 is 0. The Labute approximate surface area is 97.1 Å². The molecular weight excluding hydrogens is 204 g/mol. The van der Waals surface area contributed by atoms with Crippen LogP contribution < -0.4 is 10.6 Å². The van der Waals surface area contributed by atoms with E-state index in [4.69, 9.17) is 4.74 Å². The SMILES string of the molecule is O=C(CC1CNC1)NCCCOCC1CC1. The monoisotopic (exact) mass is 226 g/mol. The minimum atomic E-state index is 0.189. The van der Waals surface area contributed by atoms with Gasteiger partial charge in [0.1, 0.15) is 0 Å². The van der Waals surface area contributed by atoms with Crippen LogP contribution in [0.25, 0.3) is 0 Å². The molecule has 1 amide bonds. The predicted octanol–water partition coefficient (Wildman–Crippen LogP) is 0.529. The molecule has 2 aliphatic rings. The molecule has 0 aromatic carbocycles. The van der Waals surface area contributed by atoms with Crippen molar-refractivity contribution in [1.29, 1.82) is 0 Å². The first-order valence-corrected chi connectivity index (χ1v) is 6.40. The van der Waals surface area contributed by atoms with Crippen LogP contribution in [0.2, 0.25) is 0 Å². The molecule has 0 bridgehead atoms. The van der Waals surface area contributed by atoms with Gasteiger partial charge in [0.15, 0.2) is 0 Å². The van der Waals surface area contributed by atoms with Crippen LogP contribution in [0, 0.1) is 11.8 Å². The van der Waals surface area contributed by atoms with Crippen molar-refractivity contribution in [3.8, 4) is 0 Å². The molecule has 0 spiro atoms. The molecule has 92 valence electrons. The van der Waals surface area contributed by atoms with E-state index in [1.54, 1.807) is 0 Å². The lowest BCUT2D eigenvalue weighted by molar-refractivity contribution is -0.122. The summed E-state index contributed by atoms with van der Waals surface area (Å²) in [6, 6.07) is 0. The van der Waals surface area contributed by atoms with Gasteiger partial charge in [0, 0.05) is 26.2 Å². The quantitative estimate of drug-likeness (QED) is 0.594. The Morgan fingerprint density at radius 3 is 2.75 bits per heavy atom. The van der Waals surface area contributed by atoms with Gasteiger partial charge in [0.25, 0.3) is 0 Å². The first-order chi connectivity index (χ1) is 7.84. The van der Waals surface area contributed by atoms with Crippen LogP contribution in [0.3, 0.4) is 0 Å². The van der Waals surface area contributed by atoms with Crippen LogP contribution in [0.5, 0.6) is 0 Å². The maximum Gasteiger partial charge on any atom is 0.220 e. The summed E-state index contributed by atoms with van der Waals surface area (Å²) < 4.78 is 5.49. The van der Waals surface area contributed by atoms with Gasteiger partial charge in [0.05, 0.1) is 0 Å². The topological polar surface area (TPSA) is 50.4 Å². The third kappa shape index (κ3) is 4.49. The molecule has 0 aromatic heterocycles. The van der Waals surface area contributed by atoms with Crippen molar-refractivity contribution in [2.75, 3.05) is 32.8 Å². The van der Waals surface area contributed by atoms with E-state index >= 15 is 0 Å². The van der Waals surface area contributed by atoms with Crippen molar-refractivity contribution in [3.63, 3.8) is 0 Å². The lowest BCUT2D eigenvalue weighted by Gasteiger charge is -2.26. The fourth-order valence-corrected chi connectivity index (χ4v) is 1.76. The van der Waals surface area contributed by atoms with Gasteiger partial charge in [-0.3, -0.25) is 4.79 Å². The number of carbonyl (C=O) groups excluding carboxylic acids is 1. The molecule has 2 fully saturated rings. The zero-order valence-electron chi connectivity index (χ0n) is 9.84. The maximum absolute atomic E-state index is 11.4. The molecule has 4 nitrogen and oxygen atoms in total. The Bertz CT molecular complexity index is 225. The summed E-state index contributed by atoms with van der Waals surface area (Å²) in [6.07, 6.45) is 4.29. The van der Waals surface area contributed by atoms with E-state index in [0.29, 0.717) is 12.3 Å². The van der Waals surface area contributed by atoms with Crippen LogP contribution in [0.15, 0.2) is 0 Å². The van der Waals surface area contributed by atoms with Crippen LogP contribution >= 0.6 is 0 Å². The van der Waals surface area contributed by atoms with Gasteiger partial charge in [-0.05, 0) is 44.2 Å². The minimum absolute atomic E-state index is 0.189. The Hall–Kier alpha value is -0.610. The highest BCUT2D eigenvalue weighted by molar-refractivity contribution is 5.76. The number of hydrogen-bond donors (Lipinski definition) is 2. The van der Waals surface area contributed by atoms with E-state index in [1.165, 1.54) is 12.8 Å². The van der Waals surface area contributed by atoms with Crippen molar-refractivity contribution in [3.05, 3.63) is 0 Å². The van der Waals surface area contributed by atoms with E-state index < -0.39 is 0 Å². The van der Waals surface area contributed by atoms with Crippen LogP contribution in [0.4, 0.5) is 0 Å². The van der Waals surface area contributed by atoms with Crippen molar-refractivity contribution >= 4 is 5.91 Å². The molecular formula is C12H22N2O2. The zero-order valence-corrected chi connectivity index (χ0v) is 9.84. The molecule has 16 heavy (non-hydrogen) atoms. The molecule has 1 aliphatic carbocycles. The van der Waals surface area contributed by atoms with Crippen molar-refractivity contribution < 1.29 is 9.53 Å². The van der Waals surface area contributed by atoms with E-state index in [1.807, 2.05) is 0 Å². The lowest BCUT2D eigenvalue weighted by Crippen LogP contribution is -2.44. The molecule has 0 unspecified atom stereocenters. The van der Waals surface area contributed by atoms with Crippen LogP contribution in [-0.4, -0.2) is 38.8 Å². The van der Waals surface area contributed by atoms with E-state index in [-0.39, 0.29) is 5.91 Å². The van der Waals surface area contributed by atoms with E-state index in [2.05, 4.69) is 10.6 Å². The summed E-state index contributed by atoms with van der Waals surface area (Å²) in [5, 5.41) is 6.11. The normalized spacial score (nSPS) is 20.5. The van der Waals surface area contributed by atoms with E-state index in [0.717, 1.165) is 45.2 Å². The highest BCUT2D eigenvalue weighted by Crippen LogP contribution is 2.28. The number of amides is 1. The summed E-state index contributed by atoms with van der Waals surface area (Å²) in [7, 11) is 0. The Balaban J connectivity index is 1.36. The standard InChI is InChI=1S/C12H22N2O2/c15-12(6-11-7-13-8-11)14-4-1-5-16-9-10-2-3-10/h10-11,13H,1-9H2,(H,14,15). The number of rotatable bonds is 8. The molecule has 1 saturated heterocycles. The van der Waals surface area contributed by atoms with Crippen molar-refractivity contribution in [2.24, 2.45) is 11.8 Å². The first kappa shape index (κ1) is 11.9. The summed E-state index contributed by atoms with van der Waals surface area (Å²) in [5.41, 5.74) is 0. The highest BCUT2D eigenvalue weighted by atomic mass is 16.5. The minimum Gasteiger partial charge on any atom is -0.381 e. The van der Waals surface area contributed by atoms with Crippen LogP contribution in [-0.2, 0) is 9.53 Å².